The fourth-order valence-electron chi connectivity index (χ4n) is 1.97. The van der Waals surface area contributed by atoms with Crippen LogP contribution in [-0.4, -0.2) is 54.4 Å². The number of carboxylic acids is 1. The van der Waals surface area contributed by atoms with Crippen LogP contribution in [0, 0.1) is 5.41 Å². The van der Waals surface area contributed by atoms with Gasteiger partial charge in [0, 0.05) is 26.6 Å². The number of urea groups is 1. The number of nitrogens with one attached hydrogen (secondary N) is 1. The Kier molecular flexibility index (Phi) is 4.21. The minimum absolute atomic E-state index is 0.0252. The maximum atomic E-state index is 12.0. The van der Waals surface area contributed by atoms with Gasteiger partial charge in [0.1, 0.15) is 0 Å². The van der Waals surface area contributed by atoms with Crippen molar-refractivity contribution < 1.29 is 19.4 Å². The van der Waals surface area contributed by atoms with Gasteiger partial charge >= 0.3 is 12.0 Å². The predicted octanol–water partition coefficient (Wildman–Crippen LogP) is 0.918. The topological polar surface area (TPSA) is 78.9 Å². The molecule has 2 amide bonds. The highest BCUT2D eigenvalue weighted by atomic mass is 16.5. The van der Waals surface area contributed by atoms with Gasteiger partial charge in [-0.05, 0) is 5.41 Å². The van der Waals surface area contributed by atoms with Crippen molar-refractivity contribution in [2.45, 2.75) is 32.7 Å². The maximum absolute atomic E-state index is 12.0. The molecule has 104 valence electrons. The Morgan fingerprint density at radius 1 is 1.44 bits per heavy atom. The molecule has 0 radical (unpaired) electrons. The van der Waals surface area contributed by atoms with Crippen LogP contribution in [-0.2, 0) is 9.53 Å². The zero-order valence-electron chi connectivity index (χ0n) is 11.4. The van der Waals surface area contributed by atoms with Gasteiger partial charge in [0.25, 0.3) is 0 Å². The highest BCUT2D eigenvalue weighted by Gasteiger charge is 2.44. The third kappa shape index (κ3) is 3.60. The average molecular weight is 258 g/mol. The first-order valence-electron chi connectivity index (χ1n) is 6.01. The van der Waals surface area contributed by atoms with Gasteiger partial charge in [-0.1, -0.05) is 20.8 Å². The molecule has 0 aliphatic carbocycles. The van der Waals surface area contributed by atoms with E-state index in [9.17, 15) is 14.7 Å². The number of carbonyl (C=O) groups is 2. The minimum atomic E-state index is -1.27. The van der Waals surface area contributed by atoms with Crippen molar-refractivity contribution in [1.29, 1.82) is 0 Å². The third-order valence-corrected chi connectivity index (χ3v) is 2.84. The van der Waals surface area contributed by atoms with E-state index in [1.54, 1.807) is 7.05 Å². The lowest BCUT2D eigenvalue weighted by atomic mass is 9.96. The molecule has 1 rings (SSSR count). The van der Waals surface area contributed by atoms with E-state index in [2.05, 4.69) is 5.32 Å². The van der Waals surface area contributed by atoms with E-state index >= 15 is 0 Å². The van der Waals surface area contributed by atoms with Crippen molar-refractivity contribution in [3.05, 3.63) is 0 Å². The lowest BCUT2D eigenvalue weighted by molar-refractivity contribution is -0.144. The van der Waals surface area contributed by atoms with Crippen LogP contribution in [0.5, 0.6) is 0 Å². The fraction of sp³-hybridized carbons (Fsp3) is 0.833. The molecule has 1 atom stereocenters. The summed E-state index contributed by atoms with van der Waals surface area (Å²) in [6.45, 7) is 6.98. The van der Waals surface area contributed by atoms with Crippen LogP contribution < -0.4 is 5.32 Å². The lowest BCUT2D eigenvalue weighted by Gasteiger charge is -2.31. The second kappa shape index (κ2) is 5.14. The lowest BCUT2D eigenvalue weighted by Crippen LogP contribution is -2.58. The summed E-state index contributed by atoms with van der Waals surface area (Å²) in [5, 5.41) is 11.8. The number of carboxylic acid groups (broad SMARTS) is 1. The van der Waals surface area contributed by atoms with Crippen LogP contribution >= 0.6 is 0 Å². The number of hydrogen-bond acceptors (Lipinski definition) is 3. The van der Waals surface area contributed by atoms with Crippen molar-refractivity contribution in [1.82, 2.24) is 10.2 Å². The predicted molar refractivity (Wildman–Crippen MR) is 66.4 cm³/mol. The highest BCUT2D eigenvalue weighted by molar-refractivity contribution is 5.86. The summed E-state index contributed by atoms with van der Waals surface area (Å²) in [6.07, 6.45) is 0.303. The molecule has 0 saturated carbocycles. The van der Waals surface area contributed by atoms with Gasteiger partial charge in [0.15, 0.2) is 5.54 Å². The van der Waals surface area contributed by atoms with Crippen molar-refractivity contribution in [2.24, 2.45) is 5.41 Å². The van der Waals surface area contributed by atoms with Crippen LogP contribution in [0.4, 0.5) is 4.79 Å². The van der Waals surface area contributed by atoms with Crippen molar-refractivity contribution in [3.63, 3.8) is 0 Å². The fourth-order valence-corrected chi connectivity index (χ4v) is 1.97. The second-order valence-corrected chi connectivity index (χ2v) is 6.04. The molecular formula is C12H22N2O4. The molecule has 2 N–H and O–H groups in total. The Bertz CT molecular complexity index is 329. The molecule has 6 heteroatoms. The molecule has 18 heavy (non-hydrogen) atoms. The van der Waals surface area contributed by atoms with E-state index in [1.165, 1.54) is 4.90 Å². The first-order valence-corrected chi connectivity index (χ1v) is 6.01. The number of ether oxygens (including phenoxy) is 1. The number of nitrogens with zero attached hydrogens (tertiary/aromatic N) is 1. The van der Waals surface area contributed by atoms with E-state index < -0.39 is 11.5 Å². The summed E-state index contributed by atoms with van der Waals surface area (Å²) in [5.41, 5.74) is -1.31. The minimum Gasteiger partial charge on any atom is -0.479 e. The molecule has 0 bridgehead atoms. The molecule has 0 spiro atoms. The summed E-state index contributed by atoms with van der Waals surface area (Å²) in [7, 11) is 1.66. The quantitative estimate of drug-likeness (QED) is 0.789. The molecule has 1 fully saturated rings. The molecule has 1 aliphatic rings. The Hall–Kier alpha value is -1.30. The van der Waals surface area contributed by atoms with Crippen molar-refractivity contribution in [2.75, 3.05) is 26.8 Å². The molecule has 1 unspecified atom stereocenters. The zero-order chi connectivity index (χ0) is 14.0. The van der Waals surface area contributed by atoms with Crippen LogP contribution in [0.1, 0.15) is 27.2 Å². The monoisotopic (exact) mass is 258 g/mol. The van der Waals surface area contributed by atoms with Gasteiger partial charge < -0.3 is 20.1 Å². The standard InChI is InChI=1S/C12H22N2O4/c1-11(2,3)7-14(4)10(17)13-12(9(15)16)5-6-18-8-12/h5-8H2,1-4H3,(H,13,17)(H,15,16). The van der Waals surface area contributed by atoms with Gasteiger partial charge in [-0.25, -0.2) is 9.59 Å². The maximum Gasteiger partial charge on any atom is 0.332 e. The first-order chi connectivity index (χ1) is 8.16. The largest absolute Gasteiger partial charge is 0.479 e. The SMILES string of the molecule is CN(CC(C)(C)C)C(=O)NC1(C(=O)O)CCOC1. The Balaban J connectivity index is 2.65. The molecule has 0 aromatic carbocycles. The van der Waals surface area contributed by atoms with Gasteiger partial charge in [0.05, 0.1) is 6.61 Å². The molecule has 0 aromatic rings. The van der Waals surface area contributed by atoms with Crippen LogP contribution in [0.15, 0.2) is 0 Å². The summed E-state index contributed by atoms with van der Waals surface area (Å²) in [4.78, 5) is 24.7. The number of amides is 2. The van der Waals surface area contributed by atoms with Crippen LogP contribution in [0.3, 0.4) is 0 Å². The van der Waals surface area contributed by atoms with Gasteiger partial charge in [-0.2, -0.15) is 0 Å². The Morgan fingerprint density at radius 3 is 2.44 bits per heavy atom. The Labute approximate surface area is 107 Å². The smallest absolute Gasteiger partial charge is 0.332 e. The summed E-state index contributed by atoms with van der Waals surface area (Å²) in [5.74, 6) is -1.04. The number of rotatable bonds is 3. The molecular weight excluding hydrogens is 236 g/mol. The molecule has 1 heterocycles. The average Bonchev–Trinajstić information content (AvgIpc) is 2.64. The van der Waals surface area contributed by atoms with E-state index in [-0.39, 0.29) is 18.1 Å². The third-order valence-electron chi connectivity index (χ3n) is 2.84. The molecule has 6 nitrogen and oxygen atoms in total. The number of carbonyl (C=O) groups excluding carboxylic acids is 1. The first kappa shape index (κ1) is 14.8. The zero-order valence-corrected chi connectivity index (χ0v) is 11.4. The van der Waals surface area contributed by atoms with E-state index in [0.29, 0.717) is 19.6 Å². The van der Waals surface area contributed by atoms with E-state index in [0.717, 1.165) is 0 Å². The summed E-state index contributed by atoms with van der Waals surface area (Å²) < 4.78 is 5.09. The van der Waals surface area contributed by atoms with Crippen LogP contribution in [0.25, 0.3) is 0 Å². The molecule has 1 aliphatic heterocycles. The number of aliphatic carboxylic acids is 1. The van der Waals surface area contributed by atoms with Crippen molar-refractivity contribution in [3.8, 4) is 0 Å². The van der Waals surface area contributed by atoms with Gasteiger partial charge in [-0.15, -0.1) is 0 Å². The Morgan fingerprint density at radius 2 is 2.06 bits per heavy atom. The highest BCUT2D eigenvalue weighted by Crippen LogP contribution is 2.20. The van der Waals surface area contributed by atoms with Crippen molar-refractivity contribution >= 4 is 12.0 Å². The second-order valence-electron chi connectivity index (χ2n) is 6.04. The summed E-state index contributed by atoms with van der Waals surface area (Å²) in [6, 6.07) is -0.377. The number of hydrogen-bond donors (Lipinski definition) is 2. The van der Waals surface area contributed by atoms with E-state index in [4.69, 9.17) is 4.74 Å². The van der Waals surface area contributed by atoms with Gasteiger partial charge in [-0.3, -0.25) is 0 Å². The van der Waals surface area contributed by atoms with E-state index in [1.807, 2.05) is 20.8 Å². The van der Waals surface area contributed by atoms with Crippen LogP contribution in [0.2, 0.25) is 0 Å². The molecule has 1 saturated heterocycles. The normalized spacial score (nSPS) is 23.8. The summed E-state index contributed by atoms with van der Waals surface area (Å²) >= 11 is 0. The van der Waals surface area contributed by atoms with Gasteiger partial charge in [0.2, 0.25) is 0 Å². The molecule has 0 aromatic heterocycles.